The number of nitrogens with zero attached hydrogens (tertiary/aromatic N) is 1. The maximum Gasteiger partial charge on any atom is 0.337 e. The van der Waals surface area contributed by atoms with Crippen molar-refractivity contribution < 1.29 is 18.3 Å². The van der Waals surface area contributed by atoms with Gasteiger partial charge in [-0.3, -0.25) is 0 Å². The molecule has 0 aromatic heterocycles. The zero-order valence-corrected chi connectivity index (χ0v) is 12.6. The van der Waals surface area contributed by atoms with Gasteiger partial charge in [-0.15, -0.1) is 6.58 Å². The molecule has 0 amide bonds. The number of carbonyl (C=O) groups is 1. The van der Waals surface area contributed by atoms with Crippen LogP contribution in [0.3, 0.4) is 0 Å². The molecule has 6 heteroatoms. The maximum atomic E-state index is 12.7. The molecule has 1 N–H and O–H groups in total. The van der Waals surface area contributed by atoms with Crippen molar-refractivity contribution in [2.45, 2.75) is 31.2 Å². The van der Waals surface area contributed by atoms with Crippen LogP contribution >= 0.6 is 0 Å². The zero-order valence-electron chi connectivity index (χ0n) is 11.8. The highest BCUT2D eigenvalue weighted by Crippen LogP contribution is 2.26. The van der Waals surface area contributed by atoms with E-state index in [0.29, 0.717) is 0 Å². The third kappa shape index (κ3) is 3.26. The average Bonchev–Trinajstić information content (AvgIpc) is 2.34. The molecule has 1 rings (SSSR count). The van der Waals surface area contributed by atoms with Crippen molar-refractivity contribution in [2.24, 2.45) is 0 Å². The molecule has 0 fully saturated rings. The monoisotopic (exact) mass is 297 g/mol. The summed E-state index contributed by atoms with van der Waals surface area (Å²) in [6.07, 6.45) is 1.48. The summed E-state index contributed by atoms with van der Waals surface area (Å²) in [5.41, 5.74) is -0.913. The highest BCUT2D eigenvalue weighted by Gasteiger charge is 2.35. The van der Waals surface area contributed by atoms with E-state index < -0.39 is 21.5 Å². The van der Waals surface area contributed by atoms with E-state index in [9.17, 15) is 13.2 Å². The fourth-order valence-electron chi connectivity index (χ4n) is 1.84. The molecule has 0 saturated carbocycles. The summed E-state index contributed by atoms with van der Waals surface area (Å²) in [4.78, 5) is 11.0. The Morgan fingerprint density at radius 2 is 1.90 bits per heavy atom. The summed E-state index contributed by atoms with van der Waals surface area (Å²) in [7, 11) is -3.92. The largest absolute Gasteiger partial charge is 0.478 e. The third-order valence-electron chi connectivity index (χ3n) is 2.73. The van der Waals surface area contributed by atoms with Crippen LogP contribution < -0.4 is 0 Å². The highest BCUT2D eigenvalue weighted by molar-refractivity contribution is 7.89. The van der Waals surface area contributed by atoms with Crippen molar-refractivity contribution in [3.05, 3.63) is 42.5 Å². The van der Waals surface area contributed by atoms with Crippen LogP contribution in [-0.4, -0.2) is 35.9 Å². The second-order valence-electron chi connectivity index (χ2n) is 5.30. The fraction of sp³-hybridized carbons (Fsp3) is 0.357. The van der Waals surface area contributed by atoms with Gasteiger partial charge in [0.05, 0.1) is 10.5 Å². The van der Waals surface area contributed by atoms with Gasteiger partial charge in [0.15, 0.2) is 0 Å². The number of aromatic carboxylic acids is 1. The molecule has 0 spiro atoms. The summed E-state index contributed by atoms with van der Waals surface area (Å²) < 4.78 is 26.6. The maximum absolute atomic E-state index is 12.7. The molecule has 0 saturated heterocycles. The number of benzene rings is 1. The van der Waals surface area contributed by atoms with Crippen LogP contribution in [0.4, 0.5) is 0 Å². The predicted molar refractivity (Wildman–Crippen MR) is 77.2 cm³/mol. The lowest BCUT2D eigenvalue weighted by Crippen LogP contribution is -2.45. The standard InChI is InChI=1S/C14H19NO4S/c1-5-10-15(14(2,3)4)20(18,19)12-9-7-6-8-11(12)13(16)17/h5-9H,1,10H2,2-4H3,(H,16,17). The van der Waals surface area contributed by atoms with Crippen molar-refractivity contribution in [2.75, 3.05) is 6.54 Å². The Balaban J connectivity index is 3.49. The molecule has 1 aromatic carbocycles. The van der Waals surface area contributed by atoms with Crippen LogP contribution in [0.15, 0.2) is 41.8 Å². The predicted octanol–water partition coefficient (Wildman–Crippen LogP) is 2.36. The van der Waals surface area contributed by atoms with Crippen molar-refractivity contribution in [1.82, 2.24) is 4.31 Å². The van der Waals surface area contributed by atoms with Crippen LogP contribution in [0.2, 0.25) is 0 Å². The second kappa shape index (κ2) is 5.76. The topological polar surface area (TPSA) is 74.7 Å². The summed E-state index contributed by atoms with van der Waals surface area (Å²) in [5, 5.41) is 9.14. The zero-order chi connectivity index (χ0) is 15.6. The van der Waals surface area contributed by atoms with Gasteiger partial charge in [0.1, 0.15) is 0 Å². The van der Waals surface area contributed by atoms with E-state index in [1.54, 1.807) is 20.8 Å². The third-order valence-corrected chi connectivity index (χ3v) is 4.92. The van der Waals surface area contributed by atoms with E-state index in [4.69, 9.17) is 5.11 Å². The first-order chi connectivity index (χ1) is 9.12. The van der Waals surface area contributed by atoms with Crippen LogP contribution in [0, 0.1) is 0 Å². The van der Waals surface area contributed by atoms with Gasteiger partial charge < -0.3 is 5.11 Å². The first-order valence-electron chi connectivity index (χ1n) is 6.08. The minimum atomic E-state index is -3.92. The van der Waals surface area contributed by atoms with Gasteiger partial charge in [-0.2, -0.15) is 4.31 Å². The highest BCUT2D eigenvalue weighted by atomic mass is 32.2. The number of carboxylic acids is 1. The molecule has 0 aliphatic rings. The number of hydrogen-bond acceptors (Lipinski definition) is 3. The Morgan fingerprint density at radius 1 is 1.35 bits per heavy atom. The van der Waals surface area contributed by atoms with E-state index in [1.807, 2.05) is 0 Å². The van der Waals surface area contributed by atoms with E-state index >= 15 is 0 Å². The van der Waals surface area contributed by atoms with E-state index in [2.05, 4.69) is 6.58 Å². The lowest BCUT2D eigenvalue weighted by Gasteiger charge is -2.33. The number of carboxylic acid groups (broad SMARTS) is 1. The van der Waals surface area contributed by atoms with Crippen LogP contribution in [0.1, 0.15) is 31.1 Å². The number of rotatable bonds is 5. The molecule has 0 aliphatic heterocycles. The van der Waals surface area contributed by atoms with Gasteiger partial charge in [0.25, 0.3) is 0 Å². The molecule has 20 heavy (non-hydrogen) atoms. The molecule has 0 aliphatic carbocycles. The molecule has 110 valence electrons. The number of sulfonamides is 1. The normalized spacial score (nSPS) is 12.4. The van der Waals surface area contributed by atoms with Gasteiger partial charge in [0.2, 0.25) is 10.0 Å². The van der Waals surface area contributed by atoms with Crippen molar-refractivity contribution in [1.29, 1.82) is 0 Å². The Hall–Kier alpha value is -1.66. The van der Waals surface area contributed by atoms with Gasteiger partial charge in [0, 0.05) is 12.1 Å². The molecular formula is C14H19NO4S. The summed E-state index contributed by atoms with van der Waals surface area (Å²) in [5.74, 6) is -1.27. The Bertz CT molecular complexity index is 614. The molecule has 1 aromatic rings. The average molecular weight is 297 g/mol. The minimum Gasteiger partial charge on any atom is -0.478 e. The van der Waals surface area contributed by atoms with Crippen molar-refractivity contribution in [3.8, 4) is 0 Å². The molecule has 0 heterocycles. The molecule has 0 radical (unpaired) electrons. The molecular weight excluding hydrogens is 278 g/mol. The summed E-state index contributed by atoms with van der Waals surface area (Å²) >= 11 is 0. The van der Waals surface area contributed by atoms with Crippen LogP contribution in [0.5, 0.6) is 0 Å². The van der Waals surface area contributed by atoms with E-state index in [1.165, 1.54) is 34.6 Å². The Labute approximate surface area is 119 Å². The first kappa shape index (κ1) is 16.4. The quantitative estimate of drug-likeness (QED) is 0.847. The molecule has 0 bridgehead atoms. The second-order valence-corrected chi connectivity index (χ2v) is 7.13. The van der Waals surface area contributed by atoms with E-state index in [0.717, 1.165) is 0 Å². The first-order valence-corrected chi connectivity index (χ1v) is 7.52. The van der Waals surface area contributed by atoms with Gasteiger partial charge >= 0.3 is 5.97 Å². The number of hydrogen-bond donors (Lipinski definition) is 1. The van der Waals surface area contributed by atoms with Crippen molar-refractivity contribution >= 4 is 16.0 Å². The minimum absolute atomic E-state index is 0.111. The Morgan fingerprint density at radius 3 is 2.35 bits per heavy atom. The summed E-state index contributed by atoms with van der Waals surface area (Å²) in [6, 6.07) is 5.59. The lowest BCUT2D eigenvalue weighted by molar-refractivity contribution is 0.0692. The molecule has 0 atom stereocenters. The van der Waals surface area contributed by atoms with Crippen molar-refractivity contribution in [3.63, 3.8) is 0 Å². The van der Waals surface area contributed by atoms with Crippen LogP contribution in [0.25, 0.3) is 0 Å². The lowest BCUT2D eigenvalue weighted by atomic mass is 10.1. The van der Waals surface area contributed by atoms with Gasteiger partial charge in [-0.05, 0) is 32.9 Å². The molecule has 5 nitrogen and oxygen atoms in total. The fourth-order valence-corrected chi connectivity index (χ4v) is 3.78. The Kier molecular flexibility index (Phi) is 4.73. The summed E-state index contributed by atoms with van der Waals surface area (Å²) in [6.45, 7) is 8.91. The van der Waals surface area contributed by atoms with Gasteiger partial charge in [-0.1, -0.05) is 18.2 Å². The SMILES string of the molecule is C=CCN(C(C)(C)C)S(=O)(=O)c1ccccc1C(=O)O. The molecule has 0 unspecified atom stereocenters. The van der Waals surface area contributed by atoms with Crippen LogP contribution in [-0.2, 0) is 10.0 Å². The van der Waals surface area contributed by atoms with Gasteiger partial charge in [-0.25, -0.2) is 13.2 Å². The van der Waals surface area contributed by atoms with E-state index in [-0.39, 0.29) is 17.0 Å². The smallest absolute Gasteiger partial charge is 0.337 e.